The molecule has 1 aromatic heterocycles. The highest BCUT2D eigenvalue weighted by molar-refractivity contribution is 5.70. The lowest BCUT2D eigenvalue weighted by Crippen LogP contribution is -2.13. The molecule has 0 amide bonds. The summed E-state index contributed by atoms with van der Waals surface area (Å²) in [6.45, 7) is 3.52. The lowest BCUT2D eigenvalue weighted by atomic mass is 10.1. The molecule has 0 unspecified atom stereocenters. The van der Waals surface area contributed by atoms with E-state index in [1.807, 2.05) is 49.1 Å². The van der Waals surface area contributed by atoms with Crippen molar-refractivity contribution in [2.24, 2.45) is 7.05 Å². The maximum absolute atomic E-state index is 10.6. The van der Waals surface area contributed by atoms with Crippen LogP contribution in [0.1, 0.15) is 22.4 Å². The van der Waals surface area contributed by atoms with Gasteiger partial charge < -0.3 is 10.4 Å². The average molecular weight is 273 g/mol. The quantitative estimate of drug-likeness (QED) is 0.839. The highest BCUT2D eigenvalue weighted by Gasteiger charge is 2.03. The summed E-state index contributed by atoms with van der Waals surface area (Å²) < 4.78 is 1.81. The van der Waals surface area contributed by atoms with Gasteiger partial charge in [-0.15, -0.1) is 0 Å². The topological polar surface area (TPSA) is 67.2 Å². The molecule has 5 heteroatoms. The van der Waals surface area contributed by atoms with Crippen molar-refractivity contribution in [2.45, 2.75) is 26.4 Å². The standard InChI is InChI=1S/C15H19N3O2/c1-11-14(10-18(2)17-11)9-16-8-13-5-3-12(4-6-13)7-15(19)20/h3-6,10,16H,7-9H2,1-2H3,(H,19,20). The first-order valence-electron chi connectivity index (χ1n) is 6.54. The molecule has 0 atom stereocenters. The number of hydrogen-bond donors (Lipinski definition) is 2. The minimum atomic E-state index is -0.803. The first-order valence-corrected chi connectivity index (χ1v) is 6.54. The van der Waals surface area contributed by atoms with Crippen molar-refractivity contribution < 1.29 is 9.90 Å². The van der Waals surface area contributed by atoms with Gasteiger partial charge in [-0.1, -0.05) is 24.3 Å². The normalized spacial score (nSPS) is 10.7. The predicted octanol–water partition coefficient (Wildman–Crippen LogP) is 1.65. The van der Waals surface area contributed by atoms with Crippen molar-refractivity contribution in [1.82, 2.24) is 15.1 Å². The molecule has 20 heavy (non-hydrogen) atoms. The number of nitrogens with zero attached hydrogens (tertiary/aromatic N) is 2. The number of rotatable bonds is 6. The van der Waals surface area contributed by atoms with Crippen LogP contribution < -0.4 is 5.32 Å². The lowest BCUT2D eigenvalue weighted by Gasteiger charge is -2.05. The number of hydrogen-bond acceptors (Lipinski definition) is 3. The van der Waals surface area contributed by atoms with E-state index < -0.39 is 5.97 Å². The Morgan fingerprint density at radius 1 is 1.25 bits per heavy atom. The molecular formula is C15H19N3O2. The summed E-state index contributed by atoms with van der Waals surface area (Å²) in [4.78, 5) is 10.6. The summed E-state index contributed by atoms with van der Waals surface area (Å²) in [6, 6.07) is 7.64. The van der Waals surface area contributed by atoms with Crippen LogP contribution in [0, 0.1) is 6.92 Å². The van der Waals surface area contributed by atoms with Crippen LogP contribution in [-0.2, 0) is 31.4 Å². The summed E-state index contributed by atoms with van der Waals surface area (Å²) >= 11 is 0. The van der Waals surface area contributed by atoms with Gasteiger partial charge in [-0.3, -0.25) is 9.48 Å². The molecule has 1 aromatic carbocycles. The van der Waals surface area contributed by atoms with E-state index in [4.69, 9.17) is 5.11 Å². The third kappa shape index (κ3) is 3.93. The Labute approximate surface area is 118 Å². The van der Waals surface area contributed by atoms with Gasteiger partial charge in [0.15, 0.2) is 0 Å². The lowest BCUT2D eigenvalue weighted by molar-refractivity contribution is -0.136. The highest BCUT2D eigenvalue weighted by Crippen LogP contribution is 2.07. The van der Waals surface area contributed by atoms with Gasteiger partial charge in [0.1, 0.15) is 0 Å². The van der Waals surface area contributed by atoms with Crippen LogP contribution in [0.4, 0.5) is 0 Å². The van der Waals surface area contributed by atoms with Crippen molar-refractivity contribution in [3.63, 3.8) is 0 Å². The first kappa shape index (κ1) is 14.3. The monoisotopic (exact) mass is 273 g/mol. The van der Waals surface area contributed by atoms with Crippen LogP contribution >= 0.6 is 0 Å². The van der Waals surface area contributed by atoms with E-state index >= 15 is 0 Å². The molecular weight excluding hydrogens is 254 g/mol. The zero-order valence-electron chi connectivity index (χ0n) is 11.8. The highest BCUT2D eigenvalue weighted by atomic mass is 16.4. The van der Waals surface area contributed by atoms with Gasteiger partial charge in [-0.05, 0) is 18.1 Å². The summed E-state index contributed by atoms with van der Waals surface area (Å²) in [5.74, 6) is -0.803. The number of aryl methyl sites for hydroxylation is 2. The Hall–Kier alpha value is -2.14. The number of nitrogens with one attached hydrogen (secondary N) is 1. The van der Waals surface area contributed by atoms with Crippen molar-refractivity contribution in [2.75, 3.05) is 0 Å². The number of carboxylic acids is 1. The van der Waals surface area contributed by atoms with Crippen LogP contribution in [0.25, 0.3) is 0 Å². The molecule has 0 spiro atoms. The smallest absolute Gasteiger partial charge is 0.307 e. The molecule has 0 bridgehead atoms. The molecule has 0 saturated heterocycles. The Bertz CT molecular complexity index is 588. The molecule has 2 aromatic rings. The Morgan fingerprint density at radius 2 is 1.90 bits per heavy atom. The summed E-state index contributed by atoms with van der Waals surface area (Å²) in [5, 5.41) is 16.4. The molecule has 0 fully saturated rings. The van der Waals surface area contributed by atoms with Gasteiger partial charge in [0.25, 0.3) is 0 Å². The summed E-state index contributed by atoms with van der Waals surface area (Å²) in [7, 11) is 1.91. The van der Waals surface area contributed by atoms with Crippen LogP contribution in [0.5, 0.6) is 0 Å². The van der Waals surface area contributed by atoms with E-state index in [0.717, 1.165) is 29.9 Å². The fourth-order valence-corrected chi connectivity index (χ4v) is 2.11. The number of carbonyl (C=O) groups is 1. The van der Waals surface area contributed by atoms with Gasteiger partial charge in [0, 0.05) is 31.9 Å². The molecule has 0 aliphatic rings. The summed E-state index contributed by atoms with van der Waals surface area (Å²) in [6.07, 6.45) is 2.08. The molecule has 5 nitrogen and oxygen atoms in total. The first-order chi connectivity index (χ1) is 9.54. The number of carboxylic acid groups (broad SMARTS) is 1. The van der Waals surface area contributed by atoms with Crippen LogP contribution in [-0.4, -0.2) is 20.9 Å². The Kier molecular flexibility index (Phi) is 4.53. The largest absolute Gasteiger partial charge is 0.481 e. The number of aromatic nitrogens is 2. The van der Waals surface area contributed by atoms with E-state index in [-0.39, 0.29) is 6.42 Å². The maximum Gasteiger partial charge on any atom is 0.307 e. The van der Waals surface area contributed by atoms with Gasteiger partial charge in [0.2, 0.25) is 0 Å². The Balaban J connectivity index is 1.85. The van der Waals surface area contributed by atoms with E-state index in [9.17, 15) is 4.79 Å². The maximum atomic E-state index is 10.6. The van der Waals surface area contributed by atoms with Crippen LogP contribution in [0.2, 0.25) is 0 Å². The van der Waals surface area contributed by atoms with Gasteiger partial charge in [0.05, 0.1) is 12.1 Å². The average Bonchev–Trinajstić information content (AvgIpc) is 2.69. The van der Waals surface area contributed by atoms with E-state index in [1.165, 1.54) is 5.56 Å². The number of aliphatic carboxylic acids is 1. The summed E-state index contributed by atoms with van der Waals surface area (Å²) in [5.41, 5.74) is 4.19. The third-order valence-corrected chi connectivity index (χ3v) is 3.14. The molecule has 106 valence electrons. The van der Waals surface area contributed by atoms with Crippen LogP contribution in [0.15, 0.2) is 30.5 Å². The van der Waals surface area contributed by atoms with Gasteiger partial charge in [-0.25, -0.2) is 0 Å². The molecule has 2 N–H and O–H groups in total. The van der Waals surface area contributed by atoms with Crippen molar-refractivity contribution in [3.8, 4) is 0 Å². The molecule has 0 radical (unpaired) electrons. The SMILES string of the molecule is Cc1nn(C)cc1CNCc1ccc(CC(=O)O)cc1. The Morgan fingerprint density at radius 3 is 2.45 bits per heavy atom. The molecule has 0 aliphatic heterocycles. The molecule has 2 rings (SSSR count). The molecule has 1 heterocycles. The second-order valence-electron chi connectivity index (χ2n) is 4.90. The minimum Gasteiger partial charge on any atom is -0.481 e. The third-order valence-electron chi connectivity index (χ3n) is 3.14. The fourth-order valence-electron chi connectivity index (χ4n) is 2.11. The molecule has 0 saturated carbocycles. The van der Waals surface area contributed by atoms with Crippen molar-refractivity contribution >= 4 is 5.97 Å². The zero-order chi connectivity index (χ0) is 14.5. The zero-order valence-corrected chi connectivity index (χ0v) is 11.8. The van der Waals surface area contributed by atoms with Gasteiger partial charge in [-0.2, -0.15) is 5.10 Å². The number of benzene rings is 1. The van der Waals surface area contributed by atoms with Gasteiger partial charge >= 0.3 is 5.97 Å². The van der Waals surface area contributed by atoms with E-state index in [2.05, 4.69) is 10.4 Å². The van der Waals surface area contributed by atoms with E-state index in [1.54, 1.807) is 0 Å². The fraction of sp³-hybridized carbons (Fsp3) is 0.333. The van der Waals surface area contributed by atoms with E-state index in [0.29, 0.717) is 0 Å². The van der Waals surface area contributed by atoms with Crippen molar-refractivity contribution in [3.05, 3.63) is 52.8 Å². The van der Waals surface area contributed by atoms with Crippen molar-refractivity contribution in [1.29, 1.82) is 0 Å². The molecule has 0 aliphatic carbocycles. The minimum absolute atomic E-state index is 0.0720. The second kappa shape index (κ2) is 6.34. The second-order valence-corrected chi connectivity index (χ2v) is 4.90. The predicted molar refractivity (Wildman–Crippen MR) is 76.3 cm³/mol. The van der Waals surface area contributed by atoms with Crippen LogP contribution in [0.3, 0.4) is 0 Å².